The topological polar surface area (TPSA) is 44.8 Å². The van der Waals surface area contributed by atoms with Gasteiger partial charge in [-0.25, -0.2) is 0 Å². The molecule has 0 aromatic rings. The minimum atomic E-state index is -1.17. The van der Waals surface area contributed by atoms with E-state index in [0.29, 0.717) is 12.8 Å². The van der Waals surface area contributed by atoms with E-state index in [-0.39, 0.29) is 23.5 Å². The average Bonchev–Trinajstić information content (AvgIpc) is 2.85. The second-order valence-corrected chi connectivity index (χ2v) is 4.93. The molecule has 92 valence electrons. The molecular formula is C10H14Cl2O4. The van der Waals surface area contributed by atoms with E-state index >= 15 is 0 Å². The van der Waals surface area contributed by atoms with Crippen molar-refractivity contribution in [3.63, 3.8) is 0 Å². The van der Waals surface area contributed by atoms with Crippen molar-refractivity contribution in [1.29, 1.82) is 0 Å². The quantitative estimate of drug-likeness (QED) is 0.582. The minimum Gasteiger partial charge on any atom is -0.309 e. The summed E-state index contributed by atoms with van der Waals surface area (Å²) >= 11 is 11.6. The van der Waals surface area contributed by atoms with Gasteiger partial charge in [0.25, 0.3) is 0 Å². The van der Waals surface area contributed by atoms with Crippen LogP contribution in [-0.2, 0) is 19.3 Å². The summed E-state index contributed by atoms with van der Waals surface area (Å²) in [5, 5.41) is 0. The summed E-state index contributed by atoms with van der Waals surface area (Å²) < 4.78 is 5.66. The standard InChI is InChI=1S/C10H14Cl2O4/c1-9(5-11)14-10(6-12,16-15-9)7-3-2-4-8(7)13/h7H,2-6H2,1H3. The fourth-order valence-electron chi connectivity index (χ4n) is 2.16. The van der Waals surface area contributed by atoms with E-state index in [1.54, 1.807) is 6.92 Å². The molecule has 6 heteroatoms. The van der Waals surface area contributed by atoms with Crippen molar-refractivity contribution in [2.24, 2.45) is 5.92 Å². The first-order valence-corrected chi connectivity index (χ1v) is 6.34. The maximum Gasteiger partial charge on any atom is 0.227 e. The van der Waals surface area contributed by atoms with Crippen molar-refractivity contribution >= 4 is 29.0 Å². The van der Waals surface area contributed by atoms with Gasteiger partial charge in [-0.2, -0.15) is 9.78 Å². The first-order chi connectivity index (χ1) is 7.55. The molecule has 3 unspecified atom stereocenters. The first kappa shape index (κ1) is 12.6. The molecule has 2 fully saturated rings. The fourth-order valence-corrected chi connectivity index (χ4v) is 2.54. The number of ketones is 1. The third kappa shape index (κ3) is 1.97. The fraction of sp³-hybridized carbons (Fsp3) is 0.900. The molecule has 3 atom stereocenters. The number of alkyl halides is 2. The maximum absolute atomic E-state index is 11.7. The van der Waals surface area contributed by atoms with Crippen LogP contribution in [0.25, 0.3) is 0 Å². The Kier molecular flexibility index (Phi) is 3.48. The van der Waals surface area contributed by atoms with E-state index in [0.717, 1.165) is 6.42 Å². The number of hydrogen-bond donors (Lipinski definition) is 0. The van der Waals surface area contributed by atoms with Crippen molar-refractivity contribution in [1.82, 2.24) is 0 Å². The molecular weight excluding hydrogens is 255 g/mol. The van der Waals surface area contributed by atoms with Gasteiger partial charge in [0.2, 0.25) is 11.6 Å². The molecule has 1 saturated heterocycles. The van der Waals surface area contributed by atoms with Crippen LogP contribution in [0, 0.1) is 5.92 Å². The number of carbonyl (C=O) groups is 1. The molecule has 0 aromatic heterocycles. The highest BCUT2D eigenvalue weighted by atomic mass is 35.5. The minimum absolute atomic E-state index is 0.0515. The predicted molar refractivity (Wildman–Crippen MR) is 58.2 cm³/mol. The lowest BCUT2D eigenvalue weighted by atomic mass is 9.97. The molecule has 0 amide bonds. The highest BCUT2D eigenvalue weighted by Crippen LogP contribution is 2.44. The average molecular weight is 269 g/mol. The molecule has 1 aliphatic carbocycles. The summed E-state index contributed by atoms with van der Waals surface area (Å²) in [6.45, 7) is 1.66. The summed E-state index contributed by atoms with van der Waals surface area (Å²) in [5.74, 6) is -2.27. The zero-order chi connectivity index (χ0) is 11.8. The number of ether oxygens (including phenoxy) is 1. The molecule has 0 N–H and O–H groups in total. The van der Waals surface area contributed by atoms with Crippen LogP contribution in [0.15, 0.2) is 0 Å². The number of Topliss-reactive ketones (excluding diaryl/α,β-unsaturated/α-hetero) is 1. The predicted octanol–water partition coefficient (Wildman–Crippen LogP) is 2.22. The molecule has 2 rings (SSSR count). The summed E-state index contributed by atoms with van der Waals surface area (Å²) in [7, 11) is 0. The van der Waals surface area contributed by atoms with Crippen molar-refractivity contribution in [2.45, 2.75) is 37.8 Å². The normalized spacial score (nSPS) is 44.2. The van der Waals surface area contributed by atoms with Crippen LogP contribution in [0.3, 0.4) is 0 Å². The highest BCUT2D eigenvalue weighted by Gasteiger charge is 2.57. The van der Waals surface area contributed by atoms with Gasteiger partial charge in [0.15, 0.2) is 0 Å². The SMILES string of the molecule is CC1(CCl)OOC(CCl)(C2CCCC2=O)O1. The third-order valence-corrected chi connectivity index (χ3v) is 3.87. The van der Waals surface area contributed by atoms with E-state index in [1.807, 2.05) is 0 Å². The van der Waals surface area contributed by atoms with Crippen LogP contribution in [0.5, 0.6) is 0 Å². The zero-order valence-corrected chi connectivity index (χ0v) is 10.5. The van der Waals surface area contributed by atoms with Crippen LogP contribution in [0.4, 0.5) is 0 Å². The van der Waals surface area contributed by atoms with Crippen molar-refractivity contribution in [3.8, 4) is 0 Å². The molecule has 2 aliphatic rings. The Hall–Kier alpha value is 0.130. The zero-order valence-electron chi connectivity index (χ0n) is 9.00. The second-order valence-electron chi connectivity index (χ2n) is 4.39. The van der Waals surface area contributed by atoms with Crippen molar-refractivity contribution in [3.05, 3.63) is 0 Å². The van der Waals surface area contributed by atoms with Crippen LogP contribution in [0.2, 0.25) is 0 Å². The van der Waals surface area contributed by atoms with E-state index in [2.05, 4.69) is 0 Å². The van der Waals surface area contributed by atoms with Gasteiger partial charge in [-0.1, -0.05) is 0 Å². The maximum atomic E-state index is 11.7. The van der Waals surface area contributed by atoms with Crippen molar-refractivity contribution < 1.29 is 19.3 Å². The van der Waals surface area contributed by atoms with E-state index in [4.69, 9.17) is 37.7 Å². The number of rotatable bonds is 3. The van der Waals surface area contributed by atoms with Crippen LogP contribution >= 0.6 is 23.2 Å². The third-order valence-electron chi connectivity index (χ3n) is 3.01. The lowest BCUT2D eigenvalue weighted by molar-refractivity contribution is -0.346. The number of hydrogen-bond acceptors (Lipinski definition) is 4. The van der Waals surface area contributed by atoms with Crippen LogP contribution in [0.1, 0.15) is 26.2 Å². The van der Waals surface area contributed by atoms with Gasteiger partial charge in [0.1, 0.15) is 5.78 Å². The summed E-state index contributed by atoms with van der Waals surface area (Å²) in [5.41, 5.74) is 0. The molecule has 1 aliphatic heterocycles. The van der Waals surface area contributed by atoms with Gasteiger partial charge in [-0.05, 0) is 19.8 Å². The van der Waals surface area contributed by atoms with Crippen LogP contribution in [-0.4, -0.2) is 29.1 Å². The molecule has 4 nitrogen and oxygen atoms in total. The Morgan fingerprint density at radius 3 is 2.56 bits per heavy atom. The van der Waals surface area contributed by atoms with Gasteiger partial charge in [-0.15, -0.1) is 23.2 Å². The van der Waals surface area contributed by atoms with Gasteiger partial charge < -0.3 is 4.74 Å². The Bertz CT molecular complexity index is 299. The molecule has 0 radical (unpaired) electrons. The number of halogens is 2. The molecule has 16 heavy (non-hydrogen) atoms. The summed E-state index contributed by atoms with van der Waals surface area (Å²) in [4.78, 5) is 22.0. The van der Waals surface area contributed by atoms with Gasteiger partial charge in [0, 0.05) is 6.42 Å². The first-order valence-electron chi connectivity index (χ1n) is 5.27. The summed E-state index contributed by atoms with van der Waals surface area (Å²) in [6, 6.07) is 0. The van der Waals surface area contributed by atoms with E-state index < -0.39 is 11.6 Å². The molecule has 0 spiro atoms. The molecule has 1 saturated carbocycles. The Labute approximate surface area is 104 Å². The van der Waals surface area contributed by atoms with Gasteiger partial charge in [-0.3, -0.25) is 4.79 Å². The molecule has 0 aromatic carbocycles. The number of carbonyl (C=O) groups excluding carboxylic acids is 1. The van der Waals surface area contributed by atoms with Crippen molar-refractivity contribution in [2.75, 3.05) is 11.8 Å². The lowest BCUT2D eigenvalue weighted by Gasteiger charge is -2.29. The van der Waals surface area contributed by atoms with E-state index in [9.17, 15) is 4.79 Å². The Balaban J connectivity index is 2.18. The Morgan fingerprint density at radius 2 is 2.12 bits per heavy atom. The van der Waals surface area contributed by atoms with Crippen LogP contribution < -0.4 is 0 Å². The second kappa shape index (κ2) is 4.42. The Morgan fingerprint density at radius 1 is 1.38 bits per heavy atom. The van der Waals surface area contributed by atoms with E-state index in [1.165, 1.54) is 0 Å². The molecule has 0 bridgehead atoms. The molecule has 1 heterocycles. The summed E-state index contributed by atoms with van der Waals surface area (Å²) in [6.07, 6.45) is 2.10. The lowest BCUT2D eigenvalue weighted by Crippen LogP contribution is -2.45. The van der Waals surface area contributed by atoms with Gasteiger partial charge in [0.05, 0.1) is 17.7 Å². The largest absolute Gasteiger partial charge is 0.309 e. The monoisotopic (exact) mass is 268 g/mol. The highest BCUT2D eigenvalue weighted by molar-refractivity contribution is 6.19. The smallest absolute Gasteiger partial charge is 0.227 e. The van der Waals surface area contributed by atoms with Gasteiger partial charge >= 0.3 is 0 Å².